The predicted molar refractivity (Wildman–Crippen MR) is 116 cm³/mol. The molecule has 0 saturated carbocycles. The summed E-state index contributed by atoms with van der Waals surface area (Å²) in [6.45, 7) is -1.09. The van der Waals surface area contributed by atoms with Crippen LogP contribution in [0.5, 0.6) is 0 Å². The van der Waals surface area contributed by atoms with E-state index in [4.69, 9.17) is 9.47 Å². The van der Waals surface area contributed by atoms with E-state index in [1.807, 2.05) is 4.98 Å². The summed E-state index contributed by atoms with van der Waals surface area (Å²) in [5, 5.41) is 51.7. The lowest BCUT2D eigenvalue weighted by Gasteiger charge is -2.44. The number of H-pyrrole nitrogens is 1. The molecule has 2 aliphatic heterocycles. The first-order valence-electron chi connectivity index (χ1n) is 10.9. The van der Waals surface area contributed by atoms with Crippen LogP contribution < -0.4 is 26.4 Å². The molecule has 20 nitrogen and oxygen atoms in total. The topological polar surface area (TPSA) is 312 Å². The van der Waals surface area contributed by atoms with Crippen molar-refractivity contribution in [2.24, 2.45) is 0 Å². The van der Waals surface area contributed by atoms with Crippen LogP contribution in [-0.2, 0) is 36.8 Å². The number of aliphatic hydroxyl groups is 5. The van der Waals surface area contributed by atoms with Crippen LogP contribution in [0.25, 0.3) is 0 Å². The van der Waals surface area contributed by atoms with Gasteiger partial charge in [0.15, 0.2) is 12.5 Å². The number of aromatic nitrogens is 2. The van der Waals surface area contributed by atoms with Crippen LogP contribution in [-0.4, -0.2) is 103 Å². The summed E-state index contributed by atoms with van der Waals surface area (Å²) >= 11 is 0. The Bertz CT molecular complexity index is 1240. The Morgan fingerprint density at radius 2 is 1.72 bits per heavy atom. The van der Waals surface area contributed by atoms with Crippen molar-refractivity contribution in [3.63, 3.8) is 0 Å². The molecule has 3 rings (SSSR count). The average molecular weight is 605 g/mol. The molecule has 1 aromatic rings. The van der Waals surface area contributed by atoms with Gasteiger partial charge in [-0.2, -0.15) is 0 Å². The molecule has 2 unspecified atom stereocenters. The number of carbonyl (C=O) groups excluding carboxylic acids is 1. The quantitative estimate of drug-likeness (QED) is 0.122. The minimum Gasteiger partial charge on any atom is -0.756 e. The standard InChI is InChI=1S/C17H27N3O17P2/c1-6(22)18-10-13(26)11(24)7(4-21)35-16(10)36-39(31,32)37-38(29,30)33-5-8-12(25)14(27)15(34-8)20-3-2-9(23)19-17(20)28/h2-3,7-8,10-16,21,24-27H,4-5H2,1H3,(H,18,22)(H,29,30)(H,31,32)(H,19,23,28)/p-2/t7-,8-,10+,11-,12-,13-,14-,15-,16-/m1/s1. The van der Waals surface area contributed by atoms with Crippen molar-refractivity contribution in [3.8, 4) is 0 Å². The predicted octanol–water partition coefficient (Wildman–Crippen LogP) is -5.91. The zero-order valence-corrected chi connectivity index (χ0v) is 21.5. The van der Waals surface area contributed by atoms with Gasteiger partial charge in [0.2, 0.25) is 5.91 Å². The van der Waals surface area contributed by atoms with Gasteiger partial charge < -0.3 is 54.6 Å². The number of hydrogen-bond acceptors (Lipinski definition) is 17. The first-order valence-corrected chi connectivity index (χ1v) is 13.9. The van der Waals surface area contributed by atoms with Gasteiger partial charge in [-0.1, -0.05) is 0 Å². The third kappa shape index (κ3) is 7.66. The lowest BCUT2D eigenvalue weighted by Crippen LogP contribution is -2.64. The van der Waals surface area contributed by atoms with Gasteiger partial charge in [-0.05, 0) is 0 Å². The highest BCUT2D eigenvalue weighted by molar-refractivity contribution is 7.59. The van der Waals surface area contributed by atoms with Crippen molar-refractivity contribution in [1.82, 2.24) is 14.9 Å². The maximum absolute atomic E-state index is 12.3. The number of phosphoric acid groups is 2. The number of nitrogens with one attached hydrogen (secondary N) is 2. The maximum atomic E-state index is 12.3. The number of amides is 1. The van der Waals surface area contributed by atoms with Crippen molar-refractivity contribution >= 4 is 21.6 Å². The van der Waals surface area contributed by atoms with Crippen molar-refractivity contribution in [2.75, 3.05) is 13.2 Å². The van der Waals surface area contributed by atoms with Gasteiger partial charge in [0, 0.05) is 19.2 Å². The number of phosphoric ester groups is 2. The molecule has 0 aliphatic carbocycles. The van der Waals surface area contributed by atoms with Crippen molar-refractivity contribution in [3.05, 3.63) is 33.1 Å². The minimum absolute atomic E-state index is 0.697. The monoisotopic (exact) mass is 605 g/mol. The highest BCUT2D eigenvalue weighted by Gasteiger charge is 2.47. The Morgan fingerprint density at radius 3 is 2.31 bits per heavy atom. The summed E-state index contributed by atoms with van der Waals surface area (Å²) in [6.07, 6.45) is -13.4. The third-order valence-corrected chi connectivity index (χ3v) is 8.07. The fraction of sp³-hybridized carbons (Fsp3) is 0.706. The average Bonchev–Trinajstić information content (AvgIpc) is 3.10. The van der Waals surface area contributed by atoms with Crippen LogP contribution in [0, 0.1) is 0 Å². The summed E-state index contributed by atoms with van der Waals surface area (Å²) in [5.41, 5.74) is -1.79. The highest BCUT2D eigenvalue weighted by atomic mass is 31.3. The normalized spacial score (nSPS) is 36.2. The first kappa shape index (κ1) is 31.7. The third-order valence-electron chi connectivity index (χ3n) is 5.54. The van der Waals surface area contributed by atoms with Gasteiger partial charge in [0.25, 0.3) is 21.2 Å². The molecule has 2 aliphatic rings. The van der Waals surface area contributed by atoms with E-state index in [1.165, 1.54) is 0 Å². The van der Waals surface area contributed by atoms with Gasteiger partial charge in [0.1, 0.15) is 42.7 Å². The number of aliphatic hydroxyl groups excluding tert-OH is 5. The van der Waals surface area contributed by atoms with E-state index in [1.54, 1.807) is 0 Å². The van der Waals surface area contributed by atoms with Gasteiger partial charge in [-0.25, -0.2) is 9.11 Å². The molecular weight excluding hydrogens is 580 g/mol. The highest BCUT2D eigenvalue weighted by Crippen LogP contribution is 2.57. The molecule has 7 N–H and O–H groups in total. The van der Waals surface area contributed by atoms with Gasteiger partial charge in [-0.15, -0.1) is 0 Å². The zero-order chi connectivity index (χ0) is 29.3. The van der Waals surface area contributed by atoms with Gasteiger partial charge in [-0.3, -0.25) is 32.8 Å². The second-order valence-corrected chi connectivity index (χ2v) is 11.3. The van der Waals surface area contributed by atoms with Crippen LogP contribution in [0.1, 0.15) is 13.2 Å². The smallest absolute Gasteiger partial charge is 0.330 e. The first-order chi connectivity index (χ1) is 18.0. The second-order valence-electron chi connectivity index (χ2n) is 8.37. The second kappa shape index (κ2) is 12.3. The number of nitrogens with zero attached hydrogens (tertiary/aromatic N) is 1. The number of hydrogen-bond donors (Lipinski definition) is 7. The summed E-state index contributed by atoms with van der Waals surface area (Å²) in [7, 11) is -11.8. The molecule has 3 heterocycles. The van der Waals surface area contributed by atoms with Crippen LogP contribution in [0.15, 0.2) is 21.9 Å². The Kier molecular flexibility index (Phi) is 10.0. The van der Waals surface area contributed by atoms with Gasteiger partial charge >= 0.3 is 5.69 Å². The molecule has 222 valence electrons. The molecular formula is C17H25N3O17P2-2. The van der Waals surface area contributed by atoms with Gasteiger partial charge in [0.05, 0.1) is 13.2 Å². The number of ether oxygens (including phenoxy) is 2. The molecule has 0 aromatic carbocycles. The lowest BCUT2D eigenvalue weighted by atomic mass is 9.97. The fourth-order valence-corrected chi connectivity index (χ4v) is 5.83. The molecule has 0 spiro atoms. The molecule has 11 atom stereocenters. The minimum atomic E-state index is -5.94. The summed E-state index contributed by atoms with van der Waals surface area (Å²) in [6, 6.07) is -0.844. The Morgan fingerprint density at radius 1 is 1.08 bits per heavy atom. The van der Waals surface area contributed by atoms with E-state index in [2.05, 4.69) is 18.7 Å². The molecule has 1 aromatic heterocycles. The number of rotatable bonds is 10. The summed E-state index contributed by atoms with van der Waals surface area (Å²) < 4.78 is 48.2. The van der Waals surface area contributed by atoms with Crippen molar-refractivity contribution < 1.29 is 72.1 Å². The van der Waals surface area contributed by atoms with Crippen molar-refractivity contribution in [2.45, 2.75) is 62.1 Å². The van der Waals surface area contributed by atoms with E-state index in [9.17, 15) is 58.8 Å². The largest absolute Gasteiger partial charge is 0.756 e. The van der Waals surface area contributed by atoms with E-state index in [-0.39, 0.29) is 0 Å². The Balaban J connectivity index is 1.66. The van der Waals surface area contributed by atoms with Crippen LogP contribution >= 0.6 is 15.6 Å². The molecule has 1 amide bonds. The molecule has 2 saturated heterocycles. The van der Waals surface area contributed by atoms with E-state index in [0.717, 1.165) is 19.2 Å². The molecule has 39 heavy (non-hydrogen) atoms. The molecule has 2 fully saturated rings. The van der Waals surface area contributed by atoms with Crippen LogP contribution in [0.2, 0.25) is 0 Å². The van der Waals surface area contributed by atoms with Crippen LogP contribution in [0.4, 0.5) is 0 Å². The number of carbonyl (C=O) groups is 1. The molecule has 22 heteroatoms. The SMILES string of the molecule is CC(=O)N[C@@H]1[C@@H](OP(=O)([O-])OP(=O)([O-])OC[C@H]2O[C@@H](n3ccc(=O)[nH]c3=O)[C@H](O)[C@@H]2O)O[C@H](CO)[C@@H](O)[C@@H]1O. The zero-order valence-electron chi connectivity index (χ0n) is 19.7. The van der Waals surface area contributed by atoms with Crippen molar-refractivity contribution in [1.29, 1.82) is 0 Å². The molecule has 0 radical (unpaired) electrons. The number of aromatic amines is 1. The van der Waals surface area contributed by atoms with Crippen LogP contribution in [0.3, 0.4) is 0 Å². The fourth-order valence-electron chi connectivity index (χ4n) is 3.74. The summed E-state index contributed by atoms with van der Waals surface area (Å²) in [4.78, 5) is 60.9. The van der Waals surface area contributed by atoms with E-state index >= 15 is 0 Å². The maximum Gasteiger partial charge on any atom is 0.330 e. The van der Waals surface area contributed by atoms with E-state index in [0.29, 0.717) is 4.57 Å². The summed E-state index contributed by atoms with van der Waals surface area (Å²) in [5.74, 6) is -0.829. The lowest BCUT2D eigenvalue weighted by molar-refractivity contribution is -0.285. The Labute approximate surface area is 217 Å². The van der Waals surface area contributed by atoms with E-state index < -0.39 is 101 Å². The Hall–Kier alpha value is -1.87. The molecule has 0 bridgehead atoms.